The Balaban J connectivity index is 3.30. The molecule has 0 aliphatic heterocycles. The number of carbonyl (C=O) groups excluding carboxylic acids is 1. The summed E-state index contributed by atoms with van der Waals surface area (Å²) in [6.45, 7) is 1.83. The van der Waals surface area contributed by atoms with Crippen molar-refractivity contribution in [3.8, 4) is 0 Å². The molecule has 0 unspecified atom stereocenters. The third-order valence-electron chi connectivity index (χ3n) is 1.41. The number of hydrogen-bond acceptors (Lipinski definition) is 2. The minimum atomic E-state index is 0.475. The van der Waals surface area contributed by atoms with Gasteiger partial charge in [-0.15, -0.1) is 0 Å². The van der Waals surface area contributed by atoms with Gasteiger partial charge >= 0.3 is 0 Å². The lowest BCUT2D eigenvalue weighted by Gasteiger charge is -1.98. The number of benzene rings is 1. The van der Waals surface area contributed by atoms with Crippen LogP contribution >= 0.6 is 0 Å². The van der Waals surface area contributed by atoms with Crippen LogP contribution in [0.2, 0.25) is 0 Å². The normalized spacial score (nSPS) is 9.30. The molecule has 10 heavy (non-hydrogen) atoms. The number of aryl methyl sites for hydroxylation is 1. The minimum Gasteiger partial charge on any atom is -0.398 e. The molecule has 1 aromatic rings. The van der Waals surface area contributed by atoms with Crippen molar-refractivity contribution in [1.29, 1.82) is 0 Å². The Bertz CT molecular complexity index is 235. The zero-order valence-corrected chi connectivity index (χ0v) is 5.72. The van der Waals surface area contributed by atoms with E-state index in [4.69, 9.17) is 5.73 Å². The molecule has 0 spiro atoms. The monoisotopic (exact) mass is 134 g/mol. The molecule has 1 radical (unpaired) electrons. The molecule has 1 aromatic carbocycles. The summed E-state index contributed by atoms with van der Waals surface area (Å²) in [7, 11) is 0. The Kier molecular flexibility index (Phi) is 1.71. The first-order chi connectivity index (χ1) is 4.75. The Morgan fingerprint density at radius 2 is 2.20 bits per heavy atom. The molecule has 2 N–H and O–H groups in total. The summed E-state index contributed by atoms with van der Waals surface area (Å²) in [6.07, 6.45) is 1.79. The fourth-order valence-electron chi connectivity index (χ4n) is 0.830. The molecule has 0 aromatic heterocycles. The lowest BCUT2D eigenvalue weighted by Crippen LogP contribution is -1.94. The maximum Gasteiger partial charge on any atom is 0.235 e. The van der Waals surface area contributed by atoms with Crippen molar-refractivity contribution in [2.24, 2.45) is 0 Å². The van der Waals surface area contributed by atoms with Gasteiger partial charge in [-0.3, -0.25) is 4.79 Å². The molecule has 0 aliphatic rings. The van der Waals surface area contributed by atoms with Crippen molar-refractivity contribution >= 4 is 12.0 Å². The van der Waals surface area contributed by atoms with Gasteiger partial charge in [0.05, 0.1) is 5.56 Å². The summed E-state index contributed by atoms with van der Waals surface area (Å²) in [6, 6.07) is 5.33. The summed E-state index contributed by atoms with van der Waals surface area (Å²) >= 11 is 0. The van der Waals surface area contributed by atoms with Crippen molar-refractivity contribution in [3.05, 3.63) is 29.3 Å². The van der Waals surface area contributed by atoms with Gasteiger partial charge in [0.15, 0.2) is 0 Å². The Labute approximate surface area is 59.7 Å². The highest BCUT2D eigenvalue weighted by molar-refractivity contribution is 5.85. The van der Waals surface area contributed by atoms with Gasteiger partial charge in [0.1, 0.15) is 0 Å². The van der Waals surface area contributed by atoms with Crippen LogP contribution < -0.4 is 5.73 Å². The van der Waals surface area contributed by atoms with Crippen molar-refractivity contribution in [1.82, 2.24) is 0 Å². The zero-order chi connectivity index (χ0) is 7.56. The van der Waals surface area contributed by atoms with Crippen LogP contribution in [0.5, 0.6) is 0 Å². The van der Waals surface area contributed by atoms with Gasteiger partial charge in [-0.2, -0.15) is 0 Å². The Morgan fingerprint density at radius 1 is 1.50 bits per heavy atom. The smallest absolute Gasteiger partial charge is 0.235 e. The van der Waals surface area contributed by atoms with Gasteiger partial charge in [-0.1, -0.05) is 12.1 Å². The van der Waals surface area contributed by atoms with Crippen molar-refractivity contribution in [2.75, 3.05) is 5.73 Å². The SMILES string of the molecule is Cc1cccc(N)c1[C]=O. The van der Waals surface area contributed by atoms with E-state index in [9.17, 15) is 4.79 Å². The molecule has 0 bridgehead atoms. The van der Waals surface area contributed by atoms with Gasteiger partial charge in [0.25, 0.3) is 0 Å². The molecule has 1 rings (SSSR count). The highest BCUT2D eigenvalue weighted by Crippen LogP contribution is 2.12. The molecule has 2 heteroatoms. The van der Waals surface area contributed by atoms with Gasteiger partial charge in [-0.05, 0) is 18.6 Å². The Morgan fingerprint density at radius 3 is 2.60 bits per heavy atom. The number of rotatable bonds is 1. The van der Waals surface area contributed by atoms with Crippen LogP contribution in [0.1, 0.15) is 11.1 Å². The fourth-order valence-corrected chi connectivity index (χ4v) is 0.830. The molecule has 2 nitrogen and oxygen atoms in total. The average Bonchev–Trinajstić information content (AvgIpc) is 1.88. The van der Waals surface area contributed by atoms with Gasteiger partial charge in [0, 0.05) is 5.69 Å². The summed E-state index contributed by atoms with van der Waals surface area (Å²) < 4.78 is 0. The predicted octanol–water partition coefficient (Wildman–Crippen LogP) is 1.04. The lowest BCUT2D eigenvalue weighted by molar-refractivity contribution is 0.562. The van der Waals surface area contributed by atoms with Crippen LogP contribution in [0.3, 0.4) is 0 Å². The summed E-state index contributed by atoms with van der Waals surface area (Å²) in [5.74, 6) is 0. The van der Waals surface area contributed by atoms with E-state index in [0.717, 1.165) is 5.56 Å². The first kappa shape index (κ1) is 6.81. The molecule has 0 atom stereocenters. The van der Waals surface area contributed by atoms with Crippen LogP contribution in [0.4, 0.5) is 5.69 Å². The molecule has 51 valence electrons. The number of nitrogen functional groups attached to an aromatic ring is 1. The number of nitrogens with two attached hydrogens (primary N) is 1. The van der Waals surface area contributed by atoms with E-state index in [-0.39, 0.29) is 0 Å². The van der Waals surface area contributed by atoms with E-state index >= 15 is 0 Å². The zero-order valence-electron chi connectivity index (χ0n) is 5.72. The standard InChI is InChI=1S/C8H8NO/c1-6-3-2-4-8(9)7(6)5-10/h2-4H,9H2,1H3. The van der Waals surface area contributed by atoms with Crippen molar-refractivity contribution in [3.63, 3.8) is 0 Å². The second kappa shape index (κ2) is 2.52. The first-order valence-corrected chi connectivity index (χ1v) is 2.99. The summed E-state index contributed by atoms with van der Waals surface area (Å²) in [5, 5.41) is 0. The maximum atomic E-state index is 10.2. The lowest BCUT2D eigenvalue weighted by atomic mass is 10.1. The highest BCUT2D eigenvalue weighted by Gasteiger charge is 1.99. The van der Waals surface area contributed by atoms with Gasteiger partial charge in [0.2, 0.25) is 6.29 Å². The molecule has 0 saturated carbocycles. The molecule has 0 heterocycles. The largest absolute Gasteiger partial charge is 0.398 e. The third kappa shape index (κ3) is 1.00. The van der Waals surface area contributed by atoms with E-state index in [1.165, 1.54) is 0 Å². The highest BCUT2D eigenvalue weighted by atomic mass is 16.1. The fraction of sp³-hybridized carbons (Fsp3) is 0.125. The number of anilines is 1. The molecule has 0 amide bonds. The molecular formula is C8H8NO. The van der Waals surface area contributed by atoms with Crippen LogP contribution in [-0.4, -0.2) is 6.29 Å². The summed E-state index contributed by atoms with van der Waals surface area (Å²) in [5.41, 5.74) is 7.31. The third-order valence-corrected chi connectivity index (χ3v) is 1.41. The van der Waals surface area contributed by atoms with Crippen LogP contribution in [0.15, 0.2) is 18.2 Å². The van der Waals surface area contributed by atoms with Gasteiger partial charge in [-0.25, -0.2) is 0 Å². The van der Waals surface area contributed by atoms with E-state index in [1.807, 2.05) is 19.1 Å². The van der Waals surface area contributed by atoms with Gasteiger partial charge < -0.3 is 5.73 Å². The van der Waals surface area contributed by atoms with E-state index in [0.29, 0.717) is 11.3 Å². The van der Waals surface area contributed by atoms with E-state index in [1.54, 1.807) is 12.4 Å². The average molecular weight is 134 g/mol. The van der Waals surface area contributed by atoms with Crippen LogP contribution in [-0.2, 0) is 4.79 Å². The first-order valence-electron chi connectivity index (χ1n) is 2.99. The van der Waals surface area contributed by atoms with Crippen molar-refractivity contribution < 1.29 is 4.79 Å². The minimum absolute atomic E-state index is 0.475. The van der Waals surface area contributed by atoms with E-state index in [2.05, 4.69) is 0 Å². The van der Waals surface area contributed by atoms with Crippen molar-refractivity contribution in [2.45, 2.75) is 6.92 Å². The maximum absolute atomic E-state index is 10.2. The summed E-state index contributed by atoms with van der Waals surface area (Å²) in [4.78, 5) is 10.2. The molecule has 0 aliphatic carbocycles. The quantitative estimate of drug-likeness (QED) is 0.583. The molecule has 0 fully saturated rings. The van der Waals surface area contributed by atoms with Crippen LogP contribution in [0.25, 0.3) is 0 Å². The molecular weight excluding hydrogens is 126 g/mol. The molecule has 0 saturated heterocycles. The predicted molar refractivity (Wildman–Crippen MR) is 40.4 cm³/mol. The topological polar surface area (TPSA) is 43.1 Å². The van der Waals surface area contributed by atoms with E-state index < -0.39 is 0 Å². The second-order valence-corrected chi connectivity index (χ2v) is 2.14. The van der Waals surface area contributed by atoms with Crippen LogP contribution in [0, 0.1) is 6.92 Å². The Hall–Kier alpha value is -1.31. The second-order valence-electron chi connectivity index (χ2n) is 2.14. The number of hydrogen-bond donors (Lipinski definition) is 1.